The van der Waals surface area contributed by atoms with Crippen molar-refractivity contribution in [2.24, 2.45) is 0 Å². The molecular weight excluding hydrogens is 394 g/mol. The summed E-state index contributed by atoms with van der Waals surface area (Å²) in [5.41, 5.74) is 1.42. The van der Waals surface area contributed by atoms with Gasteiger partial charge in [0.15, 0.2) is 0 Å². The molecule has 0 atom stereocenters. The van der Waals surface area contributed by atoms with Gasteiger partial charge in [-0.3, -0.25) is 4.79 Å². The molecule has 2 rings (SSSR count). The summed E-state index contributed by atoms with van der Waals surface area (Å²) >= 11 is 0. The van der Waals surface area contributed by atoms with Gasteiger partial charge in [0.25, 0.3) is 5.91 Å². The van der Waals surface area contributed by atoms with Gasteiger partial charge >= 0.3 is 5.97 Å². The average Bonchev–Trinajstić information content (AvgIpc) is 2.77. The Morgan fingerprint density at radius 2 is 1.61 bits per heavy atom. The second-order valence-corrected chi connectivity index (χ2v) is 7.28. The fraction of sp³-hybridized carbons (Fsp3) is 0.440. The van der Waals surface area contributed by atoms with E-state index in [-0.39, 0.29) is 12.8 Å². The van der Waals surface area contributed by atoms with Crippen LogP contribution in [0.15, 0.2) is 48.5 Å². The van der Waals surface area contributed by atoms with Crippen molar-refractivity contribution in [3.63, 3.8) is 0 Å². The number of ether oxygens (including phenoxy) is 2. The molecule has 0 aliphatic carbocycles. The van der Waals surface area contributed by atoms with E-state index in [2.05, 4.69) is 12.2 Å². The molecule has 0 saturated heterocycles. The number of carbonyl (C=O) groups is 2. The van der Waals surface area contributed by atoms with Crippen LogP contribution in [-0.4, -0.2) is 30.6 Å². The summed E-state index contributed by atoms with van der Waals surface area (Å²) in [7, 11) is 0. The Bertz CT molecular complexity index is 812. The minimum Gasteiger partial charge on any atom is -0.493 e. The van der Waals surface area contributed by atoms with E-state index in [1.54, 1.807) is 30.3 Å². The van der Waals surface area contributed by atoms with E-state index in [1.165, 1.54) is 25.7 Å². The number of para-hydroxylation sites is 1. The third-order valence-corrected chi connectivity index (χ3v) is 4.68. The van der Waals surface area contributed by atoms with E-state index in [9.17, 15) is 9.59 Å². The predicted octanol–water partition coefficient (Wildman–Crippen LogP) is 5.67. The number of hydrogen-bond donors (Lipinski definition) is 1. The highest BCUT2D eigenvalue weighted by molar-refractivity contribution is 6.06. The third-order valence-electron chi connectivity index (χ3n) is 4.68. The van der Waals surface area contributed by atoms with Gasteiger partial charge in [0.05, 0.1) is 24.3 Å². The minimum absolute atomic E-state index is 0. The molecule has 172 valence electrons. The highest BCUT2D eigenvalue weighted by atomic mass is 16.5. The number of anilines is 1. The molecule has 2 aromatic rings. The number of nitrogens with one attached hydrogen (secondary N) is 1. The van der Waals surface area contributed by atoms with E-state index in [0.717, 1.165) is 19.3 Å². The van der Waals surface area contributed by atoms with Crippen LogP contribution in [0.4, 0.5) is 5.69 Å². The number of esters is 1. The van der Waals surface area contributed by atoms with Crippen LogP contribution in [0.2, 0.25) is 0 Å². The quantitative estimate of drug-likeness (QED) is 0.326. The fourth-order valence-corrected chi connectivity index (χ4v) is 3.05. The van der Waals surface area contributed by atoms with E-state index >= 15 is 0 Å². The molecule has 2 aromatic carbocycles. The molecule has 0 spiro atoms. The molecule has 0 unspecified atom stereocenters. The van der Waals surface area contributed by atoms with Crippen LogP contribution >= 0.6 is 0 Å². The highest BCUT2D eigenvalue weighted by Crippen LogP contribution is 2.21. The standard InChI is InChI=1S/C25H33NO4.H2O.H2/c1-3-5-6-7-8-11-18-29-23-16-10-9-15-22(23)24(27)26-21-14-12-13-20(19-21)25(28)30-17-4-2;;/h9-10,12-16,19H,3-8,11,17-18H2,1-2H3,(H,26,27);1H2;1H. The molecule has 0 saturated carbocycles. The minimum atomic E-state index is -0.393. The number of hydrogen-bond acceptors (Lipinski definition) is 4. The maximum atomic E-state index is 12.8. The summed E-state index contributed by atoms with van der Waals surface area (Å²) in [6.45, 7) is 5.11. The molecule has 31 heavy (non-hydrogen) atoms. The average molecular weight is 432 g/mol. The number of rotatable bonds is 13. The molecule has 0 aliphatic heterocycles. The lowest BCUT2D eigenvalue weighted by Crippen LogP contribution is -2.14. The number of amides is 1. The Hall–Kier alpha value is -2.86. The van der Waals surface area contributed by atoms with E-state index < -0.39 is 5.97 Å². The van der Waals surface area contributed by atoms with Crippen LogP contribution in [0.3, 0.4) is 0 Å². The van der Waals surface area contributed by atoms with Gasteiger partial charge in [-0.25, -0.2) is 4.79 Å². The first kappa shape index (κ1) is 26.2. The second kappa shape index (κ2) is 15.0. The zero-order chi connectivity index (χ0) is 21.6. The Morgan fingerprint density at radius 1 is 0.871 bits per heavy atom. The van der Waals surface area contributed by atoms with E-state index in [0.29, 0.717) is 35.8 Å². The lowest BCUT2D eigenvalue weighted by Gasteiger charge is -2.12. The van der Waals surface area contributed by atoms with Gasteiger partial charge in [-0.05, 0) is 43.2 Å². The fourth-order valence-electron chi connectivity index (χ4n) is 3.05. The monoisotopic (exact) mass is 431 g/mol. The molecule has 0 fully saturated rings. The van der Waals surface area contributed by atoms with Crippen LogP contribution in [0.5, 0.6) is 5.75 Å². The summed E-state index contributed by atoms with van der Waals surface area (Å²) in [5.74, 6) is -0.0923. The molecule has 0 bridgehead atoms. The number of carbonyl (C=O) groups excluding carboxylic acids is 2. The van der Waals surface area contributed by atoms with Gasteiger partial charge in [-0.2, -0.15) is 0 Å². The Balaban J connectivity index is 0.00000480. The second-order valence-electron chi connectivity index (χ2n) is 7.28. The maximum absolute atomic E-state index is 12.8. The summed E-state index contributed by atoms with van der Waals surface area (Å²) in [5, 5.41) is 2.85. The smallest absolute Gasteiger partial charge is 0.338 e. The zero-order valence-corrected chi connectivity index (χ0v) is 18.6. The Morgan fingerprint density at radius 3 is 2.39 bits per heavy atom. The van der Waals surface area contributed by atoms with E-state index in [1.807, 2.05) is 25.1 Å². The SMILES string of the molecule is CCCCCCCCOc1ccccc1C(=O)Nc1cccc(C(=O)OCCC)c1.O.[HH]. The van der Waals surface area contributed by atoms with E-state index in [4.69, 9.17) is 9.47 Å². The lowest BCUT2D eigenvalue weighted by molar-refractivity contribution is 0.0505. The van der Waals surface area contributed by atoms with Crippen molar-refractivity contribution in [2.45, 2.75) is 58.8 Å². The lowest BCUT2D eigenvalue weighted by atomic mass is 10.1. The van der Waals surface area contributed by atoms with Gasteiger partial charge in [0.1, 0.15) is 5.75 Å². The summed E-state index contributed by atoms with van der Waals surface area (Å²) in [4.78, 5) is 24.8. The molecule has 0 heterocycles. The zero-order valence-electron chi connectivity index (χ0n) is 18.6. The molecule has 3 N–H and O–H groups in total. The van der Waals surface area contributed by atoms with Gasteiger partial charge in [0.2, 0.25) is 0 Å². The molecule has 0 aromatic heterocycles. The van der Waals surface area contributed by atoms with Crippen molar-refractivity contribution in [1.29, 1.82) is 0 Å². The van der Waals surface area contributed by atoms with Gasteiger partial charge in [0, 0.05) is 7.11 Å². The van der Waals surface area contributed by atoms with Crippen molar-refractivity contribution in [1.82, 2.24) is 0 Å². The van der Waals surface area contributed by atoms with Crippen LogP contribution in [0, 0.1) is 0 Å². The largest absolute Gasteiger partial charge is 0.493 e. The summed E-state index contributed by atoms with van der Waals surface area (Å²) in [6.07, 6.45) is 7.87. The van der Waals surface area contributed by atoms with Crippen LogP contribution < -0.4 is 10.1 Å². The molecule has 1 amide bonds. The van der Waals surface area contributed by atoms with Crippen molar-refractivity contribution < 1.29 is 26.0 Å². The highest BCUT2D eigenvalue weighted by Gasteiger charge is 2.14. The first-order chi connectivity index (χ1) is 14.7. The molecular formula is C25H37NO5. The normalized spacial score (nSPS) is 10.1. The predicted molar refractivity (Wildman–Crippen MR) is 126 cm³/mol. The molecule has 6 heteroatoms. The van der Waals surface area contributed by atoms with Crippen molar-refractivity contribution >= 4 is 17.6 Å². The van der Waals surface area contributed by atoms with Crippen molar-refractivity contribution in [3.05, 3.63) is 59.7 Å². The molecule has 0 aliphatic rings. The van der Waals surface area contributed by atoms with Crippen LogP contribution in [0.1, 0.15) is 80.9 Å². The number of benzene rings is 2. The Kier molecular flexibility index (Phi) is 12.7. The van der Waals surface area contributed by atoms with Crippen LogP contribution in [0.25, 0.3) is 0 Å². The van der Waals surface area contributed by atoms with Gasteiger partial charge < -0.3 is 20.3 Å². The van der Waals surface area contributed by atoms with Crippen molar-refractivity contribution in [2.75, 3.05) is 18.5 Å². The Labute approximate surface area is 186 Å². The number of unbranched alkanes of at least 4 members (excludes halogenated alkanes) is 5. The topological polar surface area (TPSA) is 96.1 Å². The molecule has 0 radical (unpaired) electrons. The first-order valence-corrected chi connectivity index (χ1v) is 11.0. The van der Waals surface area contributed by atoms with Gasteiger partial charge in [-0.15, -0.1) is 0 Å². The molecule has 6 nitrogen and oxygen atoms in total. The van der Waals surface area contributed by atoms with Gasteiger partial charge in [-0.1, -0.05) is 64.2 Å². The maximum Gasteiger partial charge on any atom is 0.338 e. The van der Waals surface area contributed by atoms with Crippen molar-refractivity contribution in [3.8, 4) is 5.75 Å². The first-order valence-electron chi connectivity index (χ1n) is 11.0. The summed E-state index contributed by atoms with van der Waals surface area (Å²) in [6, 6.07) is 14.0. The third kappa shape index (κ3) is 9.22. The summed E-state index contributed by atoms with van der Waals surface area (Å²) < 4.78 is 11.0. The van der Waals surface area contributed by atoms with Crippen LogP contribution in [-0.2, 0) is 4.74 Å².